The number of primary amides is 1. The van der Waals surface area contributed by atoms with Crippen LogP contribution in [-0.2, 0) is 22.6 Å². The molecule has 2 rings (SSSR count). The molecule has 1 aromatic heterocycles. The summed E-state index contributed by atoms with van der Waals surface area (Å²) in [6.07, 6.45) is 9.21. The largest absolute Gasteiger partial charge is 0.372 e. The molecular formula is C20H27N5O2. The Kier molecular flexibility index (Phi) is 9.85. The third kappa shape index (κ3) is 7.68. The molecule has 0 atom stereocenters. The molecule has 0 aliphatic rings. The van der Waals surface area contributed by atoms with Gasteiger partial charge in [-0.25, -0.2) is 10.4 Å². The molecule has 2 aromatic rings. The van der Waals surface area contributed by atoms with Crippen LogP contribution in [-0.4, -0.2) is 28.1 Å². The maximum atomic E-state index is 10.5. The summed E-state index contributed by atoms with van der Waals surface area (Å²) in [6.45, 7) is 7.28. The molecule has 0 radical (unpaired) electrons. The fourth-order valence-corrected chi connectivity index (χ4v) is 2.55. The minimum Gasteiger partial charge on any atom is -0.372 e. The highest BCUT2D eigenvalue weighted by Gasteiger charge is 2.07. The number of carbonyl (C=O) groups is 2. The number of hydrogen-bond donors (Lipinski definition) is 2. The third-order valence-corrected chi connectivity index (χ3v) is 3.53. The predicted molar refractivity (Wildman–Crippen MR) is 107 cm³/mol. The van der Waals surface area contributed by atoms with Crippen LogP contribution in [0.1, 0.15) is 37.6 Å². The van der Waals surface area contributed by atoms with Crippen molar-refractivity contribution in [3.63, 3.8) is 0 Å². The summed E-state index contributed by atoms with van der Waals surface area (Å²) in [4.78, 5) is 23.4. The molecule has 0 unspecified atom stereocenters. The Morgan fingerprint density at radius 2 is 2.11 bits per heavy atom. The molecule has 0 bridgehead atoms. The summed E-state index contributed by atoms with van der Waals surface area (Å²) in [6, 6.07) is 8.18. The molecule has 144 valence electrons. The quantitative estimate of drug-likeness (QED) is 0.424. The second-order valence-corrected chi connectivity index (χ2v) is 6.19. The zero-order chi connectivity index (χ0) is 20.1. The number of rotatable bonds is 8. The average molecular weight is 369 g/mol. The molecular weight excluding hydrogens is 342 g/mol. The molecule has 0 saturated heterocycles. The number of nitrogens with two attached hydrogens (primary N) is 1. The number of hydrazone groups is 1. The summed E-state index contributed by atoms with van der Waals surface area (Å²) >= 11 is 0. The van der Waals surface area contributed by atoms with Gasteiger partial charge in [0.15, 0.2) is 0 Å². The SMILES string of the molecule is C/C=C\C(=N/NC=O)c1cccc(Cc2cncn2CC(C)C)c1.NC=O. The number of allylic oxidation sites excluding steroid dienone is 2. The molecule has 0 saturated carbocycles. The van der Waals surface area contributed by atoms with Crippen molar-refractivity contribution in [1.29, 1.82) is 0 Å². The second-order valence-electron chi connectivity index (χ2n) is 6.19. The number of nitrogens with one attached hydrogen (secondary N) is 1. The topological polar surface area (TPSA) is 102 Å². The second kappa shape index (κ2) is 12.2. The van der Waals surface area contributed by atoms with Crippen LogP contribution in [0.25, 0.3) is 0 Å². The maximum absolute atomic E-state index is 10.5. The van der Waals surface area contributed by atoms with E-state index in [4.69, 9.17) is 4.79 Å². The van der Waals surface area contributed by atoms with E-state index < -0.39 is 0 Å². The van der Waals surface area contributed by atoms with Gasteiger partial charge in [-0.2, -0.15) is 5.10 Å². The van der Waals surface area contributed by atoms with Crippen molar-refractivity contribution in [3.8, 4) is 0 Å². The van der Waals surface area contributed by atoms with E-state index in [1.165, 1.54) is 11.3 Å². The van der Waals surface area contributed by atoms with Crippen LogP contribution in [0, 0.1) is 5.92 Å². The Labute approximate surface area is 160 Å². The highest BCUT2D eigenvalue weighted by Crippen LogP contribution is 2.14. The van der Waals surface area contributed by atoms with Gasteiger partial charge in [0.2, 0.25) is 12.8 Å². The molecule has 27 heavy (non-hydrogen) atoms. The van der Waals surface area contributed by atoms with Crippen LogP contribution in [0.5, 0.6) is 0 Å². The number of aromatic nitrogens is 2. The van der Waals surface area contributed by atoms with Gasteiger partial charge in [0.25, 0.3) is 0 Å². The lowest BCUT2D eigenvalue weighted by Crippen LogP contribution is -2.09. The maximum Gasteiger partial charge on any atom is 0.227 e. The average Bonchev–Trinajstić information content (AvgIpc) is 3.05. The number of carbonyl (C=O) groups excluding carboxylic acids is 2. The Bertz CT molecular complexity index is 778. The number of hydrogen-bond acceptors (Lipinski definition) is 4. The fraction of sp³-hybridized carbons (Fsp3) is 0.300. The van der Waals surface area contributed by atoms with Gasteiger partial charge in [-0.15, -0.1) is 0 Å². The fourth-order valence-electron chi connectivity index (χ4n) is 2.55. The molecule has 7 nitrogen and oxygen atoms in total. The van der Waals surface area contributed by atoms with E-state index in [-0.39, 0.29) is 6.41 Å². The smallest absolute Gasteiger partial charge is 0.227 e. The Balaban J connectivity index is 0.00000114. The van der Waals surface area contributed by atoms with E-state index in [1.807, 2.05) is 43.7 Å². The van der Waals surface area contributed by atoms with Crippen LogP contribution < -0.4 is 11.2 Å². The first-order chi connectivity index (χ1) is 13.0. The van der Waals surface area contributed by atoms with Crippen molar-refractivity contribution in [2.45, 2.75) is 33.7 Å². The molecule has 0 aliphatic carbocycles. The van der Waals surface area contributed by atoms with Gasteiger partial charge in [0.05, 0.1) is 12.0 Å². The minimum atomic E-state index is 0.250. The standard InChI is InChI=1S/C19H24N4O.CH3NO/c1-4-6-19(22-21-14-24)17-8-5-7-16(9-17)10-18-11-20-13-23(18)12-15(2)3;2-1-3/h4-9,11,13-15H,10,12H2,1-3H3,(H,21,24);1H,(H2,2,3)/b6-4-,22-19+;. The van der Waals surface area contributed by atoms with Gasteiger partial charge < -0.3 is 10.3 Å². The van der Waals surface area contributed by atoms with Crippen molar-refractivity contribution in [2.75, 3.05) is 0 Å². The van der Waals surface area contributed by atoms with Crippen molar-refractivity contribution in [2.24, 2.45) is 16.8 Å². The van der Waals surface area contributed by atoms with Gasteiger partial charge in [-0.3, -0.25) is 9.59 Å². The molecule has 0 aliphatic heterocycles. The number of nitrogens with zero attached hydrogens (tertiary/aromatic N) is 3. The van der Waals surface area contributed by atoms with Crippen molar-refractivity contribution < 1.29 is 9.59 Å². The van der Waals surface area contributed by atoms with E-state index in [1.54, 1.807) is 0 Å². The Morgan fingerprint density at radius 1 is 1.37 bits per heavy atom. The van der Waals surface area contributed by atoms with Crippen molar-refractivity contribution >= 4 is 18.5 Å². The van der Waals surface area contributed by atoms with Gasteiger partial charge in [-0.05, 0) is 30.5 Å². The monoisotopic (exact) mass is 369 g/mol. The highest BCUT2D eigenvalue weighted by molar-refractivity contribution is 6.08. The molecule has 3 N–H and O–H groups in total. The van der Waals surface area contributed by atoms with Crippen LogP contribution in [0.2, 0.25) is 0 Å². The lowest BCUT2D eigenvalue weighted by Gasteiger charge is -2.11. The van der Waals surface area contributed by atoms with Crippen LogP contribution in [0.15, 0.2) is 54.0 Å². The number of imidazole rings is 1. The number of benzene rings is 1. The van der Waals surface area contributed by atoms with E-state index >= 15 is 0 Å². The lowest BCUT2D eigenvalue weighted by molar-refractivity contribution is -0.109. The van der Waals surface area contributed by atoms with Gasteiger partial charge in [0.1, 0.15) is 0 Å². The Morgan fingerprint density at radius 3 is 2.74 bits per heavy atom. The van der Waals surface area contributed by atoms with Crippen molar-refractivity contribution in [3.05, 3.63) is 65.8 Å². The molecule has 1 aromatic carbocycles. The first-order valence-electron chi connectivity index (χ1n) is 8.68. The van der Waals surface area contributed by atoms with Crippen molar-refractivity contribution in [1.82, 2.24) is 15.0 Å². The van der Waals surface area contributed by atoms with E-state index in [0.29, 0.717) is 12.3 Å². The summed E-state index contributed by atoms with van der Waals surface area (Å²) in [5.74, 6) is 0.576. The molecule has 1 heterocycles. The number of amides is 2. The normalized spacial score (nSPS) is 11.2. The first-order valence-corrected chi connectivity index (χ1v) is 8.68. The van der Waals surface area contributed by atoms with Crippen LogP contribution >= 0.6 is 0 Å². The molecule has 0 spiro atoms. The van der Waals surface area contributed by atoms with E-state index in [2.05, 4.69) is 51.8 Å². The highest BCUT2D eigenvalue weighted by atomic mass is 16.1. The van der Waals surface area contributed by atoms with Crippen LogP contribution in [0.3, 0.4) is 0 Å². The Hall–Kier alpha value is -3.22. The van der Waals surface area contributed by atoms with E-state index in [0.717, 1.165) is 24.2 Å². The zero-order valence-electron chi connectivity index (χ0n) is 16.0. The summed E-state index contributed by atoms with van der Waals surface area (Å²) < 4.78 is 2.20. The molecule has 2 amide bonds. The summed E-state index contributed by atoms with van der Waals surface area (Å²) in [7, 11) is 0. The van der Waals surface area contributed by atoms with Gasteiger partial charge in [0, 0.05) is 30.4 Å². The molecule has 0 fully saturated rings. The summed E-state index contributed by atoms with van der Waals surface area (Å²) in [5.41, 5.74) is 10.6. The van der Waals surface area contributed by atoms with Gasteiger partial charge >= 0.3 is 0 Å². The third-order valence-electron chi connectivity index (χ3n) is 3.53. The van der Waals surface area contributed by atoms with E-state index in [9.17, 15) is 4.79 Å². The molecule has 7 heteroatoms. The van der Waals surface area contributed by atoms with Crippen LogP contribution in [0.4, 0.5) is 0 Å². The minimum absolute atomic E-state index is 0.250. The first kappa shape index (κ1) is 21.8. The summed E-state index contributed by atoms with van der Waals surface area (Å²) in [5, 5.41) is 4.09. The van der Waals surface area contributed by atoms with Gasteiger partial charge in [-0.1, -0.05) is 38.1 Å². The predicted octanol–water partition coefficient (Wildman–Crippen LogP) is 2.26. The zero-order valence-corrected chi connectivity index (χ0v) is 16.0. The lowest BCUT2D eigenvalue weighted by atomic mass is 10.0.